The Hall–Kier alpha value is -1.44. The summed E-state index contributed by atoms with van der Waals surface area (Å²) in [5, 5.41) is 4.83. The molecule has 7 heteroatoms. The molecule has 2 rings (SSSR count). The van der Waals surface area contributed by atoms with Crippen molar-refractivity contribution < 1.29 is 8.42 Å². The van der Waals surface area contributed by atoms with E-state index >= 15 is 0 Å². The molecule has 0 saturated carbocycles. The summed E-state index contributed by atoms with van der Waals surface area (Å²) in [7, 11) is -0.160. The highest BCUT2D eigenvalue weighted by Gasteiger charge is 2.21. The van der Waals surface area contributed by atoms with Gasteiger partial charge < -0.3 is 5.32 Å². The molecule has 1 N–H and O–H groups in total. The fraction of sp³-hybridized carbons (Fsp3) is 0.308. The predicted octanol–water partition coefficient (Wildman–Crippen LogP) is 2.05. The molecule has 2 heterocycles. The third-order valence-corrected chi connectivity index (χ3v) is 5.74. The molecule has 2 aromatic heterocycles. The molecule has 20 heavy (non-hydrogen) atoms. The molecule has 0 aliphatic rings. The van der Waals surface area contributed by atoms with E-state index in [2.05, 4.69) is 10.3 Å². The average molecular weight is 311 g/mol. The van der Waals surface area contributed by atoms with E-state index in [9.17, 15) is 8.42 Å². The van der Waals surface area contributed by atoms with E-state index in [1.165, 1.54) is 27.5 Å². The number of pyridine rings is 1. The lowest BCUT2D eigenvalue weighted by Gasteiger charge is -2.17. The Morgan fingerprint density at radius 3 is 2.85 bits per heavy atom. The van der Waals surface area contributed by atoms with E-state index in [0.717, 1.165) is 6.42 Å². The molecule has 0 aliphatic carbocycles. The van der Waals surface area contributed by atoms with Crippen molar-refractivity contribution in [3.8, 4) is 0 Å². The number of thiophene rings is 1. The van der Waals surface area contributed by atoms with Crippen LogP contribution in [-0.2, 0) is 16.4 Å². The zero-order chi connectivity index (χ0) is 14.6. The van der Waals surface area contributed by atoms with Crippen LogP contribution in [-0.4, -0.2) is 38.3 Å². The first kappa shape index (κ1) is 15.0. The average Bonchev–Trinajstić information content (AvgIpc) is 2.98. The Balaban J connectivity index is 2.12. The first-order valence-corrected chi connectivity index (χ1v) is 8.48. The van der Waals surface area contributed by atoms with Gasteiger partial charge in [-0.3, -0.25) is 0 Å². The molecule has 2 aromatic rings. The highest BCUT2D eigenvalue weighted by molar-refractivity contribution is 7.89. The van der Waals surface area contributed by atoms with E-state index in [1.54, 1.807) is 25.4 Å². The molecule has 0 radical (unpaired) electrons. The minimum Gasteiger partial charge on any atom is -0.373 e. The van der Waals surface area contributed by atoms with E-state index in [-0.39, 0.29) is 4.90 Å². The lowest BCUT2D eigenvalue weighted by atomic mass is 10.3. The summed E-state index contributed by atoms with van der Waals surface area (Å²) in [5.74, 6) is 0.540. The number of rotatable bonds is 6. The summed E-state index contributed by atoms with van der Waals surface area (Å²) in [6.45, 7) is 0.458. The maximum absolute atomic E-state index is 12.4. The van der Waals surface area contributed by atoms with Crippen molar-refractivity contribution in [2.75, 3.05) is 26.0 Å². The van der Waals surface area contributed by atoms with E-state index < -0.39 is 10.0 Å². The molecule has 0 atom stereocenters. The van der Waals surface area contributed by atoms with E-state index in [4.69, 9.17) is 0 Å². The van der Waals surface area contributed by atoms with Gasteiger partial charge in [0.05, 0.1) is 4.90 Å². The van der Waals surface area contributed by atoms with Gasteiger partial charge in [-0.15, -0.1) is 11.3 Å². The summed E-state index contributed by atoms with van der Waals surface area (Å²) in [4.78, 5) is 5.46. The summed E-state index contributed by atoms with van der Waals surface area (Å²) < 4.78 is 26.2. The first-order chi connectivity index (χ1) is 9.54. The van der Waals surface area contributed by atoms with Gasteiger partial charge >= 0.3 is 0 Å². The number of aromatic nitrogens is 1. The minimum atomic E-state index is -3.47. The van der Waals surface area contributed by atoms with Gasteiger partial charge in [-0.2, -0.15) is 0 Å². The number of hydrogen-bond donors (Lipinski definition) is 1. The van der Waals surface area contributed by atoms with Crippen molar-refractivity contribution in [2.45, 2.75) is 11.3 Å². The van der Waals surface area contributed by atoms with Crippen LogP contribution in [0.3, 0.4) is 0 Å². The second-order valence-electron chi connectivity index (χ2n) is 4.28. The van der Waals surface area contributed by atoms with Gasteiger partial charge in [0.15, 0.2) is 0 Å². The molecular weight excluding hydrogens is 294 g/mol. The maximum Gasteiger partial charge on any atom is 0.243 e. The number of nitrogens with one attached hydrogen (secondary N) is 1. The second-order valence-corrected chi connectivity index (χ2v) is 7.36. The van der Waals surface area contributed by atoms with Crippen molar-refractivity contribution in [3.63, 3.8) is 0 Å². The van der Waals surface area contributed by atoms with E-state index in [0.29, 0.717) is 12.4 Å². The van der Waals surface area contributed by atoms with Gasteiger partial charge in [-0.25, -0.2) is 17.7 Å². The molecule has 5 nitrogen and oxygen atoms in total. The quantitative estimate of drug-likeness (QED) is 0.887. The number of likely N-dealkylation sites (N-methyl/N-ethyl adjacent to an activating group) is 1. The van der Waals surface area contributed by atoms with Gasteiger partial charge in [-0.1, -0.05) is 6.07 Å². The van der Waals surface area contributed by atoms with Crippen molar-refractivity contribution >= 4 is 27.2 Å². The zero-order valence-corrected chi connectivity index (χ0v) is 13.0. The van der Waals surface area contributed by atoms with Crippen LogP contribution in [0, 0.1) is 0 Å². The van der Waals surface area contributed by atoms with Crippen LogP contribution in [0.25, 0.3) is 0 Å². The first-order valence-electron chi connectivity index (χ1n) is 6.16. The highest BCUT2D eigenvalue weighted by Crippen LogP contribution is 2.17. The maximum atomic E-state index is 12.4. The molecular formula is C13H17N3O2S2. The van der Waals surface area contributed by atoms with E-state index in [1.807, 2.05) is 17.5 Å². The predicted molar refractivity (Wildman–Crippen MR) is 81.6 cm³/mol. The number of sulfonamides is 1. The molecule has 0 fully saturated rings. The summed E-state index contributed by atoms with van der Waals surface area (Å²) in [6, 6.07) is 7.03. The molecule has 0 unspecified atom stereocenters. The van der Waals surface area contributed by atoms with Crippen LogP contribution >= 0.6 is 11.3 Å². The van der Waals surface area contributed by atoms with Crippen LogP contribution in [0.5, 0.6) is 0 Å². The largest absolute Gasteiger partial charge is 0.373 e. The Morgan fingerprint density at radius 1 is 1.40 bits per heavy atom. The van der Waals surface area contributed by atoms with Gasteiger partial charge in [0.2, 0.25) is 10.0 Å². The molecule has 0 bridgehead atoms. The molecule has 0 aromatic carbocycles. The number of nitrogens with zero attached hydrogens (tertiary/aromatic N) is 2. The number of anilines is 1. The Kier molecular flexibility index (Phi) is 4.74. The van der Waals surface area contributed by atoms with Crippen LogP contribution in [0.2, 0.25) is 0 Å². The van der Waals surface area contributed by atoms with Crippen LogP contribution in [0.4, 0.5) is 5.82 Å². The lowest BCUT2D eigenvalue weighted by molar-refractivity contribution is 0.473. The summed E-state index contributed by atoms with van der Waals surface area (Å²) in [6.07, 6.45) is 2.21. The monoisotopic (exact) mass is 311 g/mol. The fourth-order valence-corrected chi connectivity index (χ4v) is 3.61. The van der Waals surface area contributed by atoms with Gasteiger partial charge in [-0.05, 0) is 23.9 Å². The third kappa shape index (κ3) is 3.36. The lowest BCUT2D eigenvalue weighted by Crippen LogP contribution is -2.29. The summed E-state index contributed by atoms with van der Waals surface area (Å²) >= 11 is 1.64. The Bertz CT molecular complexity index is 654. The standard InChI is InChI=1S/C13H17N3O2S2/c1-14-13-10-12(5-7-15-13)20(17,18)16(2)8-6-11-4-3-9-19-11/h3-5,7,9-10H,6,8H2,1-2H3,(H,14,15). The topological polar surface area (TPSA) is 62.3 Å². The molecule has 108 valence electrons. The fourth-order valence-electron chi connectivity index (χ4n) is 1.73. The highest BCUT2D eigenvalue weighted by atomic mass is 32.2. The van der Waals surface area contributed by atoms with Gasteiger partial charge in [0, 0.05) is 37.8 Å². The van der Waals surface area contributed by atoms with Crippen molar-refractivity contribution in [1.29, 1.82) is 0 Å². The van der Waals surface area contributed by atoms with Crippen molar-refractivity contribution in [2.24, 2.45) is 0 Å². The Morgan fingerprint density at radius 2 is 2.20 bits per heavy atom. The Labute approximate surface area is 123 Å². The third-order valence-electron chi connectivity index (χ3n) is 2.95. The molecule has 0 aliphatic heterocycles. The van der Waals surface area contributed by atoms with Crippen molar-refractivity contribution in [1.82, 2.24) is 9.29 Å². The zero-order valence-electron chi connectivity index (χ0n) is 11.4. The minimum absolute atomic E-state index is 0.255. The van der Waals surface area contributed by atoms with Crippen LogP contribution < -0.4 is 5.32 Å². The number of hydrogen-bond acceptors (Lipinski definition) is 5. The van der Waals surface area contributed by atoms with Gasteiger partial charge in [0.1, 0.15) is 5.82 Å². The van der Waals surface area contributed by atoms with Crippen molar-refractivity contribution in [3.05, 3.63) is 40.7 Å². The van der Waals surface area contributed by atoms with Crippen LogP contribution in [0.1, 0.15) is 4.88 Å². The second kappa shape index (κ2) is 6.34. The molecule has 0 saturated heterocycles. The van der Waals surface area contributed by atoms with Gasteiger partial charge in [0.25, 0.3) is 0 Å². The molecule has 0 spiro atoms. The van der Waals surface area contributed by atoms with Crippen LogP contribution in [0.15, 0.2) is 40.7 Å². The smallest absolute Gasteiger partial charge is 0.243 e. The summed E-state index contributed by atoms with van der Waals surface area (Å²) in [5.41, 5.74) is 0. The molecule has 0 amide bonds. The SMILES string of the molecule is CNc1cc(S(=O)(=O)N(C)CCc2cccs2)ccn1. The normalized spacial score (nSPS) is 11.8.